The summed E-state index contributed by atoms with van der Waals surface area (Å²) in [6.07, 6.45) is 2.16. The minimum atomic E-state index is -0.360. The fourth-order valence-electron chi connectivity index (χ4n) is 3.16. The van der Waals surface area contributed by atoms with Gasteiger partial charge in [0.1, 0.15) is 5.00 Å². The average molecular weight is 379 g/mol. The molecule has 7 nitrogen and oxygen atoms in total. The summed E-state index contributed by atoms with van der Waals surface area (Å²) in [6, 6.07) is 0. The lowest BCUT2D eigenvalue weighted by atomic mass is 10.1. The first-order valence-corrected chi connectivity index (χ1v) is 9.93. The van der Waals surface area contributed by atoms with E-state index >= 15 is 0 Å². The molecule has 1 N–H and O–H groups in total. The number of hydrogen-bond acceptors (Lipinski definition) is 6. The van der Waals surface area contributed by atoms with Crippen molar-refractivity contribution < 1.29 is 19.1 Å². The van der Waals surface area contributed by atoms with E-state index < -0.39 is 0 Å². The molecule has 1 aromatic rings. The number of carbonyl (C=O) groups excluding carboxylic acids is 3. The minimum absolute atomic E-state index is 0.0689. The Hall–Kier alpha value is -1.93. The minimum Gasteiger partial charge on any atom is -0.462 e. The van der Waals surface area contributed by atoms with Gasteiger partial charge in [-0.15, -0.1) is 11.3 Å². The van der Waals surface area contributed by atoms with Gasteiger partial charge >= 0.3 is 5.97 Å². The van der Waals surface area contributed by atoms with E-state index in [4.69, 9.17) is 4.74 Å². The Bertz CT molecular complexity index is 691. The van der Waals surface area contributed by atoms with Gasteiger partial charge in [-0.1, -0.05) is 0 Å². The van der Waals surface area contributed by atoms with Crippen molar-refractivity contribution in [1.82, 2.24) is 9.80 Å². The highest BCUT2D eigenvalue weighted by Gasteiger charge is 2.32. The van der Waals surface area contributed by atoms with E-state index in [1.54, 1.807) is 18.7 Å². The Morgan fingerprint density at radius 3 is 2.50 bits per heavy atom. The highest BCUT2D eigenvalue weighted by molar-refractivity contribution is 7.15. The normalized spacial score (nSPS) is 17.8. The van der Waals surface area contributed by atoms with Crippen molar-refractivity contribution >= 4 is 34.1 Å². The van der Waals surface area contributed by atoms with Crippen LogP contribution in [0.15, 0.2) is 5.38 Å². The second-order valence-electron chi connectivity index (χ2n) is 6.72. The first-order chi connectivity index (χ1) is 12.5. The van der Waals surface area contributed by atoms with Gasteiger partial charge in [-0.2, -0.15) is 0 Å². The summed E-state index contributed by atoms with van der Waals surface area (Å²) in [4.78, 5) is 40.0. The maximum atomic E-state index is 12.4. The molecule has 142 valence electrons. The number of ether oxygens (including phenoxy) is 1. The highest BCUT2D eigenvalue weighted by Crippen LogP contribution is 2.46. The van der Waals surface area contributed by atoms with Crippen LogP contribution in [0.3, 0.4) is 0 Å². The van der Waals surface area contributed by atoms with Gasteiger partial charge in [-0.3, -0.25) is 14.5 Å². The number of nitrogens with one attached hydrogen (secondary N) is 1. The molecule has 2 heterocycles. The van der Waals surface area contributed by atoms with E-state index in [-0.39, 0.29) is 24.3 Å². The Kier molecular flexibility index (Phi) is 5.93. The smallest absolute Gasteiger partial charge is 0.341 e. The summed E-state index contributed by atoms with van der Waals surface area (Å²) in [6.45, 7) is 6.54. The summed E-state index contributed by atoms with van der Waals surface area (Å²) < 4.78 is 5.18. The van der Waals surface area contributed by atoms with Gasteiger partial charge in [-0.25, -0.2) is 4.79 Å². The first-order valence-electron chi connectivity index (χ1n) is 9.05. The van der Waals surface area contributed by atoms with Gasteiger partial charge in [0.15, 0.2) is 0 Å². The molecule has 0 aromatic carbocycles. The van der Waals surface area contributed by atoms with Crippen LogP contribution in [-0.4, -0.2) is 66.9 Å². The van der Waals surface area contributed by atoms with Crippen LogP contribution in [0.4, 0.5) is 5.00 Å². The third kappa shape index (κ3) is 4.42. The summed E-state index contributed by atoms with van der Waals surface area (Å²) in [5.41, 5.74) is 1.52. The molecular formula is C18H25N3O4S. The molecular weight excluding hydrogens is 354 g/mol. The second kappa shape index (κ2) is 8.18. The zero-order chi connectivity index (χ0) is 18.7. The molecule has 2 amide bonds. The zero-order valence-corrected chi connectivity index (χ0v) is 16.1. The SMILES string of the molecule is CCOC(=O)c1c(C2CC2)csc1NC(=O)CN1CCN(C(C)=O)CC1. The standard InChI is InChI=1S/C18H25N3O4S/c1-3-25-18(24)16-14(13-4-5-13)11-26-17(16)19-15(23)10-20-6-8-21(9-7-20)12(2)22/h11,13H,3-10H2,1-2H3,(H,19,23). The van der Waals surface area contributed by atoms with Gasteiger partial charge in [0, 0.05) is 33.1 Å². The number of nitrogens with zero attached hydrogens (tertiary/aromatic N) is 2. The Balaban J connectivity index is 1.61. The fourth-order valence-corrected chi connectivity index (χ4v) is 4.21. The molecule has 1 aromatic heterocycles. The van der Waals surface area contributed by atoms with Crippen molar-refractivity contribution in [3.8, 4) is 0 Å². The summed E-state index contributed by atoms with van der Waals surface area (Å²) in [5, 5.41) is 5.44. The fraction of sp³-hybridized carbons (Fsp3) is 0.611. The van der Waals surface area contributed by atoms with Crippen LogP contribution in [0.5, 0.6) is 0 Å². The topological polar surface area (TPSA) is 79.0 Å². The number of thiophene rings is 1. The lowest BCUT2D eigenvalue weighted by Crippen LogP contribution is -2.49. The van der Waals surface area contributed by atoms with Crippen LogP contribution < -0.4 is 5.32 Å². The van der Waals surface area contributed by atoms with Gasteiger partial charge in [-0.05, 0) is 36.6 Å². The molecule has 3 rings (SSSR count). The van der Waals surface area contributed by atoms with Gasteiger partial charge < -0.3 is 15.0 Å². The first kappa shape index (κ1) is 18.8. The molecule has 2 aliphatic rings. The van der Waals surface area contributed by atoms with Crippen LogP contribution in [0.1, 0.15) is 48.5 Å². The molecule has 0 atom stereocenters. The van der Waals surface area contributed by atoms with E-state index in [2.05, 4.69) is 5.32 Å². The number of carbonyl (C=O) groups is 3. The molecule has 1 saturated carbocycles. The van der Waals surface area contributed by atoms with Crippen molar-refractivity contribution in [2.75, 3.05) is 44.6 Å². The predicted molar refractivity (Wildman–Crippen MR) is 99.6 cm³/mol. The van der Waals surface area contributed by atoms with Crippen LogP contribution >= 0.6 is 11.3 Å². The number of anilines is 1. The second-order valence-corrected chi connectivity index (χ2v) is 7.60. The van der Waals surface area contributed by atoms with Crippen molar-refractivity contribution in [3.05, 3.63) is 16.5 Å². The summed E-state index contributed by atoms with van der Waals surface area (Å²) >= 11 is 1.39. The van der Waals surface area contributed by atoms with Gasteiger partial charge in [0.25, 0.3) is 0 Å². The van der Waals surface area contributed by atoms with Crippen molar-refractivity contribution in [3.63, 3.8) is 0 Å². The maximum absolute atomic E-state index is 12.4. The van der Waals surface area contributed by atoms with Crippen molar-refractivity contribution in [1.29, 1.82) is 0 Å². The number of amides is 2. The third-order valence-electron chi connectivity index (χ3n) is 4.75. The zero-order valence-electron chi connectivity index (χ0n) is 15.2. The van der Waals surface area contributed by atoms with E-state index in [9.17, 15) is 14.4 Å². The quantitative estimate of drug-likeness (QED) is 0.764. The molecule has 1 aliphatic carbocycles. The number of esters is 1. The predicted octanol–water partition coefficient (Wildman–Crippen LogP) is 1.90. The van der Waals surface area contributed by atoms with Crippen LogP contribution in [0, 0.1) is 0 Å². The molecule has 26 heavy (non-hydrogen) atoms. The average Bonchev–Trinajstić information content (AvgIpc) is 3.36. The molecule has 1 aliphatic heterocycles. The van der Waals surface area contributed by atoms with Gasteiger partial charge in [0.05, 0.1) is 18.7 Å². The van der Waals surface area contributed by atoms with Crippen molar-refractivity contribution in [2.24, 2.45) is 0 Å². The molecule has 2 fully saturated rings. The van der Waals surface area contributed by atoms with Crippen molar-refractivity contribution in [2.45, 2.75) is 32.6 Å². The lowest BCUT2D eigenvalue weighted by Gasteiger charge is -2.33. The third-order valence-corrected chi connectivity index (χ3v) is 5.67. The van der Waals surface area contributed by atoms with E-state index in [0.29, 0.717) is 49.3 Å². The molecule has 0 spiro atoms. The molecule has 1 saturated heterocycles. The molecule has 0 radical (unpaired) electrons. The van der Waals surface area contributed by atoms with Crippen LogP contribution in [-0.2, 0) is 14.3 Å². The summed E-state index contributed by atoms with van der Waals surface area (Å²) in [5.74, 6) is -0.0209. The van der Waals surface area contributed by atoms with E-state index in [1.165, 1.54) is 11.3 Å². The molecule has 0 unspecified atom stereocenters. The number of rotatable bonds is 6. The lowest BCUT2D eigenvalue weighted by molar-refractivity contribution is -0.130. The molecule has 8 heteroatoms. The Morgan fingerprint density at radius 2 is 1.92 bits per heavy atom. The molecule has 0 bridgehead atoms. The monoisotopic (exact) mass is 379 g/mol. The Labute approximate surface area is 157 Å². The van der Waals surface area contributed by atoms with E-state index in [1.807, 2.05) is 10.3 Å². The van der Waals surface area contributed by atoms with Crippen LogP contribution in [0.2, 0.25) is 0 Å². The summed E-state index contributed by atoms with van der Waals surface area (Å²) in [7, 11) is 0. The number of hydrogen-bond donors (Lipinski definition) is 1. The highest BCUT2D eigenvalue weighted by atomic mass is 32.1. The van der Waals surface area contributed by atoms with E-state index in [0.717, 1.165) is 18.4 Å². The Morgan fingerprint density at radius 1 is 1.23 bits per heavy atom. The van der Waals surface area contributed by atoms with Gasteiger partial charge in [0.2, 0.25) is 11.8 Å². The van der Waals surface area contributed by atoms with Crippen LogP contribution in [0.25, 0.3) is 0 Å². The number of piperazine rings is 1. The largest absolute Gasteiger partial charge is 0.462 e. The maximum Gasteiger partial charge on any atom is 0.341 e.